The highest BCUT2D eigenvalue weighted by atomic mass is 19.1. The Morgan fingerprint density at radius 2 is 1.40 bits per heavy atom. The van der Waals surface area contributed by atoms with Gasteiger partial charge >= 0.3 is 11.9 Å². The van der Waals surface area contributed by atoms with Gasteiger partial charge in [0.2, 0.25) is 0 Å². The van der Waals surface area contributed by atoms with Gasteiger partial charge in [0.15, 0.2) is 5.41 Å². The molecule has 130 valence electrons. The number of methoxy groups -OCH3 is 2. The maximum absolute atomic E-state index is 13.5. The Balaban J connectivity index is 2.02. The van der Waals surface area contributed by atoms with E-state index in [2.05, 4.69) is 0 Å². The summed E-state index contributed by atoms with van der Waals surface area (Å²) in [6.45, 7) is 0. The van der Waals surface area contributed by atoms with Gasteiger partial charge in [-0.15, -0.1) is 0 Å². The van der Waals surface area contributed by atoms with Crippen molar-refractivity contribution < 1.29 is 27.8 Å². The van der Waals surface area contributed by atoms with Gasteiger partial charge in [-0.25, -0.2) is 8.78 Å². The molecule has 0 atom stereocenters. The van der Waals surface area contributed by atoms with Crippen molar-refractivity contribution in [2.45, 2.75) is 12.8 Å². The van der Waals surface area contributed by atoms with Gasteiger partial charge in [0.25, 0.3) is 0 Å². The summed E-state index contributed by atoms with van der Waals surface area (Å²) >= 11 is 0. The van der Waals surface area contributed by atoms with Crippen LogP contribution < -0.4 is 0 Å². The van der Waals surface area contributed by atoms with Crippen LogP contribution >= 0.6 is 0 Å². The van der Waals surface area contributed by atoms with Crippen LogP contribution in [0.1, 0.15) is 11.1 Å². The summed E-state index contributed by atoms with van der Waals surface area (Å²) in [6.07, 6.45) is 0.285. The number of hydrogen-bond donors (Lipinski definition) is 0. The van der Waals surface area contributed by atoms with Gasteiger partial charge in [-0.3, -0.25) is 9.59 Å². The van der Waals surface area contributed by atoms with E-state index in [4.69, 9.17) is 9.47 Å². The van der Waals surface area contributed by atoms with E-state index in [0.29, 0.717) is 11.1 Å². The van der Waals surface area contributed by atoms with Crippen LogP contribution in [0.2, 0.25) is 0 Å². The number of benzene rings is 2. The molecule has 1 aliphatic carbocycles. The summed E-state index contributed by atoms with van der Waals surface area (Å²) in [5, 5.41) is 0. The molecule has 2 aromatic rings. The number of carbonyl (C=O) groups excluding carboxylic acids is 2. The molecule has 2 aromatic carbocycles. The SMILES string of the molecule is COC(=O)C1(C(=O)OC)Cc2ccc(-c3cc(F)cc(F)c3)cc2C1. The minimum absolute atomic E-state index is 0.118. The van der Waals surface area contributed by atoms with E-state index in [9.17, 15) is 18.4 Å². The molecule has 0 N–H and O–H groups in total. The van der Waals surface area contributed by atoms with Gasteiger partial charge in [0, 0.05) is 6.07 Å². The first-order valence-electron chi connectivity index (χ1n) is 7.65. The second kappa shape index (κ2) is 6.27. The van der Waals surface area contributed by atoms with Crippen LogP contribution in [0.15, 0.2) is 36.4 Å². The molecule has 0 saturated heterocycles. The molecule has 3 rings (SSSR count). The van der Waals surface area contributed by atoms with E-state index >= 15 is 0 Å². The first-order chi connectivity index (χ1) is 11.9. The van der Waals surface area contributed by atoms with Crippen LogP contribution in [0, 0.1) is 17.0 Å². The zero-order valence-electron chi connectivity index (χ0n) is 13.8. The number of fused-ring (bicyclic) bond motifs is 1. The number of halogens is 2. The Morgan fingerprint density at radius 1 is 0.840 bits per heavy atom. The lowest BCUT2D eigenvalue weighted by molar-refractivity contribution is -0.168. The van der Waals surface area contributed by atoms with Crippen LogP contribution in [0.3, 0.4) is 0 Å². The van der Waals surface area contributed by atoms with Crippen molar-refractivity contribution in [3.05, 3.63) is 59.2 Å². The lowest BCUT2D eigenvalue weighted by Crippen LogP contribution is -2.42. The maximum atomic E-state index is 13.5. The first-order valence-corrected chi connectivity index (χ1v) is 7.65. The van der Waals surface area contributed by atoms with Gasteiger partial charge in [-0.2, -0.15) is 0 Å². The average molecular weight is 346 g/mol. The fourth-order valence-electron chi connectivity index (χ4n) is 3.34. The highest BCUT2D eigenvalue weighted by molar-refractivity contribution is 6.01. The predicted octanol–water partition coefficient (Wildman–Crippen LogP) is 3.06. The molecular weight excluding hydrogens is 330 g/mol. The maximum Gasteiger partial charge on any atom is 0.323 e. The van der Waals surface area contributed by atoms with Crippen LogP contribution in [0.5, 0.6) is 0 Å². The zero-order chi connectivity index (χ0) is 18.2. The first kappa shape index (κ1) is 17.1. The second-order valence-electron chi connectivity index (χ2n) is 6.06. The normalized spacial score (nSPS) is 14.7. The minimum atomic E-state index is -1.42. The molecule has 0 bridgehead atoms. The lowest BCUT2D eigenvalue weighted by atomic mass is 9.85. The Hall–Kier alpha value is -2.76. The molecule has 0 amide bonds. The van der Waals surface area contributed by atoms with Crippen molar-refractivity contribution in [2.24, 2.45) is 5.41 Å². The van der Waals surface area contributed by atoms with Gasteiger partial charge in [-0.1, -0.05) is 18.2 Å². The van der Waals surface area contributed by atoms with Gasteiger partial charge in [0.05, 0.1) is 14.2 Å². The third-order valence-electron chi connectivity index (χ3n) is 4.54. The topological polar surface area (TPSA) is 52.6 Å². The summed E-state index contributed by atoms with van der Waals surface area (Å²) in [7, 11) is 2.44. The Bertz CT molecular complexity index is 824. The van der Waals surface area contributed by atoms with E-state index in [1.807, 2.05) is 0 Å². The largest absolute Gasteiger partial charge is 0.468 e. The van der Waals surface area contributed by atoms with Crippen LogP contribution in [0.25, 0.3) is 11.1 Å². The minimum Gasteiger partial charge on any atom is -0.468 e. The van der Waals surface area contributed by atoms with Crippen LogP contribution in [0.4, 0.5) is 8.78 Å². The number of ether oxygens (including phenoxy) is 2. The monoisotopic (exact) mass is 346 g/mol. The van der Waals surface area contributed by atoms with Crippen molar-refractivity contribution in [3.8, 4) is 11.1 Å². The van der Waals surface area contributed by atoms with Crippen molar-refractivity contribution in [3.63, 3.8) is 0 Å². The van der Waals surface area contributed by atoms with Crippen LogP contribution in [-0.2, 0) is 31.9 Å². The van der Waals surface area contributed by atoms with E-state index in [0.717, 1.165) is 17.2 Å². The number of hydrogen-bond acceptors (Lipinski definition) is 4. The molecule has 0 radical (unpaired) electrons. The third-order valence-corrected chi connectivity index (χ3v) is 4.54. The van der Waals surface area contributed by atoms with Crippen molar-refractivity contribution >= 4 is 11.9 Å². The summed E-state index contributed by atoms with van der Waals surface area (Å²) in [4.78, 5) is 24.5. The molecule has 1 aliphatic rings. The number of rotatable bonds is 3. The van der Waals surface area contributed by atoms with E-state index in [1.165, 1.54) is 26.4 Å². The van der Waals surface area contributed by atoms with E-state index in [1.54, 1.807) is 18.2 Å². The molecule has 0 unspecified atom stereocenters. The fraction of sp³-hybridized carbons (Fsp3) is 0.263. The molecule has 0 spiro atoms. The van der Waals surface area contributed by atoms with Crippen molar-refractivity contribution in [2.75, 3.05) is 14.2 Å². The highest BCUT2D eigenvalue weighted by Crippen LogP contribution is 2.40. The Morgan fingerprint density at radius 3 is 1.96 bits per heavy atom. The average Bonchev–Trinajstić information content (AvgIpc) is 2.99. The Kier molecular flexibility index (Phi) is 4.29. The van der Waals surface area contributed by atoms with E-state index < -0.39 is 29.0 Å². The van der Waals surface area contributed by atoms with Crippen molar-refractivity contribution in [1.82, 2.24) is 0 Å². The summed E-state index contributed by atoms with van der Waals surface area (Å²) in [5.74, 6) is -2.66. The number of esters is 2. The molecule has 0 aliphatic heterocycles. The molecule has 6 heteroatoms. The predicted molar refractivity (Wildman–Crippen MR) is 85.7 cm³/mol. The Labute approximate surface area is 143 Å². The standard InChI is InChI=1S/C19H16F2O4/c1-24-17(22)19(18(23)25-2)9-12-4-3-11(5-14(12)10-19)13-6-15(20)8-16(21)7-13/h3-8H,9-10H2,1-2H3. The molecule has 0 heterocycles. The summed E-state index contributed by atoms with van der Waals surface area (Å²) in [6, 6.07) is 8.45. The lowest BCUT2D eigenvalue weighted by Gasteiger charge is -2.22. The second-order valence-corrected chi connectivity index (χ2v) is 6.06. The summed E-state index contributed by atoms with van der Waals surface area (Å²) in [5.41, 5.74) is 1.11. The molecular formula is C19H16F2O4. The smallest absolute Gasteiger partial charge is 0.323 e. The van der Waals surface area contributed by atoms with Crippen LogP contribution in [-0.4, -0.2) is 26.2 Å². The molecule has 0 aromatic heterocycles. The van der Waals surface area contributed by atoms with Gasteiger partial charge in [0.1, 0.15) is 11.6 Å². The number of carbonyl (C=O) groups is 2. The van der Waals surface area contributed by atoms with Gasteiger partial charge < -0.3 is 9.47 Å². The quantitative estimate of drug-likeness (QED) is 0.633. The molecule has 4 nitrogen and oxygen atoms in total. The highest BCUT2D eigenvalue weighted by Gasteiger charge is 2.52. The van der Waals surface area contributed by atoms with E-state index in [-0.39, 0.29) is 12.8 Å². The molecule has 0 saturated carbocycles. The van der Waals surface area contributed by atoms with Gasteiger partial charge in [-0.05, 0) is 47.2 Å². The molecule has 0 fully saturated rings. The third kappa shape index (κ3) is 2.88. The zero-order valence-corrected chi connectivity index (χ0v) is 13.8. The molecule has 25 heavy (non-hydrogen) atoms. The fourth-order valence-corrected chi connectivity index (χ4v) is 3.34. The summed E-state index contributed by atoms with van der Waals surface area (Å²) < 4.78 is 36.5. The van der Waals surface area contributed by atoms with Crippen molar-refractivity contribution in [1.29, 1.82) is 0 Å².